The van der Waals surface area contributed by atoms with Crippen LogP contribution in [-0.4, -0.2) is 41.8 Å². The summed E-state index contributed by atoms with van der Waals surface area (Å²) in [6, 6.07) is 12.5. The molecule has 1 saturated carbocycles. The first-order chi connectivity index (χ1) is 16.6. The van der Waals surface area contributed by atoms with Crippen molar-refractivity contribution in [1.29, 1.82) is 5.26 Å². The molecule has 1 saturated heterocycles. The Morgan fingerprint density at radius 2 is 1.91 bits per heavy atom. The number of Topliss-reactive ketones (excluding diaryl/α,β-unsaturated/α-hetero) is 1. The van der Waals surface area contributed by atoms with Gasteiger partial charge < -0.3 is 15.0 Å². The fraction of sp³-hybridized carbons (Fsp3) is 0.393. The number of benzene rings is 2. The molecule has 2 aromatic carbocycles. The van der Waals surface area contributed by atoms with E-state index in [2.05, 4.69) is 11.4 Å². The van der Waals surface area contributed by atoms with Crippen molar-refractivity contribution < 1.29 is 14.3 Å². The SMILES string of the molecule is C/C=C/c1c(OCc2ccc(C#N)cc2)ccc2c1C(=O)N1CCNC(C3CCCC3)C1C2=O. The summed E-state index contributed by atoms with van der Waals surface area (Å²) in [5.74, 6) is 0.962. The third-order valence-electron chi connectivity index (χ3n) is 7.34. The van der Waals surface area contributed by atoms with Crippen molar-refractivity contribution in [3.63, 3.8) is 0 Å². The standard InChI is InChI=1S/C28H29N3O3/c1-2-5-21-23(34-17-19-10-8-18(16-29)9-11-19)13-12-22-24(21)28(33)31-15-14-30-25(26(31)27(22)32)20-6-3-4-7-20/h2,5,8-13,20,25-26,30H,3-4,6-7,14-15,17H2,1H3/b5-2+. The maximum Gasteiger partial charge on any atom is 0.256 e. The number of carbonyl (C=O) groups excluding carboxylic acids is 2. The number of amides is 1. The number of carbonyl (C=O) groups is 2. The number of rotatable bonds is 5. The largest absolute Gasteiger partial charge is 0.488 e. The zero-order valence-electron chi connectivity index (χ0n) is 19.4. The Labute approximate surface area is 200 Å². The molecule has 2 fully saturated rings. The summed E-state index contributed by atoms with van der Waals surface area (Å²) in [6.07, 6.45) is 8.34. The van der Waals surface area contributed by atoms with E-state index in [1.54, 1.807) is 29.2 Å². The average Bonchev–Trinajstić information content (AvgIpc) is 3.41. The van der Waals surface area contributed by atoms with Gasteiger partial charge >= 0.3 is 0 Å². The predicted octanol–water partition coefficient (Wildman–Crippen LogP) is 4.34. The van der Waals surface area contributed by atoms with Crippen LogP contribution in [-0.2, 0) is 6.61 Å². The fourth-order valence-corrected chi connectivity index (χ4v) is 5.70. The first kappa shape index (κ1) is 22.4. The second-order valence-corrected chi connectivity index (χ2v) is 9.33. The minimum atomic E-state index is -0.430. The molecule has 0 aromatic heterocycles. The van der Waals surface area contributed by atoms with Crippen LogP contribution in [0.4, 0.5) is 0 Å². The Bertz CT molecular complexity index is 1170. The highest BCUT2D eigenvalue weighted by atomic mass is 16.5. The van der Waals surface area contributed by atoms with Crippen molar-refractivity contribution in [3.8, 4) is 11.8 Å². The molecule has 0 bridgehead atoms. The van der Waals surface area contributed by atoms with E-state index in [9.17, 15) is 9.59 Å². The molecule has 3 aliphatic rings. The number of ether oxygens (including phenoxy) is 1. The number of piperazine rings is 1. The average molecular weight is 456 g/mol. The van der Waals surface area contributed by atoms with E-state index in [0.717, 1.165) is 18.4 Å². The molecule has 0 spiro atoms. The summed E-state index contributed by atoms with van der Waals surface area (Å²) < 4.78 is 6.11. The molecule has 1 amide bonds. The van der Waals surface area contributed by atoms with E-state index in [-0.39, 0.29) is 17.7 Å². The summed E-state index contributed by atoms with van der Waals surface area (Å²) in [5.41, 5.74) is 3.12. The van der Waals surface area contributed by atoms with Gasteiger partial charge in [0.25, 0.3) is 5.91 Å². The molecule has 2 aromatic rings. The topological polar surface area (TPSA) is 82.4 Å². The van der Waals surface area contributed by atoms with E-state index in [4.69, 9.17) is 10.00 Å². The third kappa shape index (κ3) is 3.91. The Kier molecular flexibility index (Phi) is 6.21. The van der Waals surface area contributed by atoms with Crippen LogP contribution in [0.5, 0.6) is 5.75 Å². The summed E-state index contributed by atoms with van der Waals surface area (Å²) in [7, 11) is 0. The van der Waals surface area contributed by atoms with Crippen molar-refractivity contribution in [1.82, 2.24) is 10.2 Å². The lowest BCUT2D eigenvalue weighted by atomic mass is 9.80. The number of hydrogen-bond donors (Lipinski definition) is 1. The van der Waals surface area contributed by atoms with Gasteiger partial charge in [0.1, 0.15) is 18.4 Å². The molecule has 2 aliphatic heterocycles. The maximum absolute atomic E-state index is 13.8. The van der Waals surface area contributed by atoms with Crippen LogP contribution in [0.1, 0.15) is 70.0 Å². The molecule has 6 heteroatoms. The van der Waals surface area contributed by atoms with E-state index in [1.165, 1.54) is 12.8 Å². The van der Waals surface area contributed by atoms with Gasteiger partial charge in [-0.05, 0) is 55.5 Å². The molecule has 2 unspecified atom stereocenters. The molecular formula is C28H29N3O3. The van der Waals surface area contributed by atoms with Crippen LogP contribution >= 0.6 is 0 Å². The highest BCUT2D eigenvalue weighted by Crippen LogP contribution is 2.38. The molecule has 5 rings (SSSR count). The minimum absolute atomic E-state index is 0.0262. The smallest absolute Gasteiger partial charge is 0.256 e. The van der Waals surface area contributed by atoms with Crippen molar-refractivity contribution >= 4 is 17.8 Å². The Morgan fingerprint density at radius 3 is 2.62 bits per heavy atom. The van der Waals surface area contributed by atoms with E-state index in [0.29, 0.717) is 53.6 Å². The Balaban J connectivity index is 1.48. The molecule has 34 heavy (non-hydrogen) atoms. The lowest BCUT2D eigenvalue weighted by Crippen LogP contribution is -2.66. The summed E-state index contributed by atoms with van der Waals surface area (Å²) >= 11 is 0. The second-order valence-electron chi connectivity index (χ2n) is 9.33. The van der Waals surface area contributed by atoms with Gasteiger partial charge in [-0.15, -0.1) is 0 Å². The summed E-state index contributed by atoms with van der Waals surface area (Å²) in [4.78, 5) is 29.3. The van der Waals surface area contributed by atoms with Gasteiger partial charge in [0, 0.05) is 30.3 Å². The molecule has 2 atom stereocenters. The molecule has 174 valence electrons. The summed E-state index contributed by atoms with van der Waals surface area (Å²) in [6.45, 7) is 3.43. The highest BCUT2D eigenvalue weighted by molar-refractivity contribution is 6.17. The number of ketones is 1. The monoisotopic (exact) mass is 455 g/mol. The van der Waals surface area contributed by atoms with Crippen LogP contribution in [0.15, 0.2) is 42.5 Å². The van der Waals surface area contributed by atoms with Gasteiger partial charge in [-0.1, -0.05) is 37.1 Å². The quantitative estimate of drug-likeness (QED) is 0.725. The van der Waals surface area contributed by atoms with E-state index < -0.39 is 6.04 Å². The van der Waals surface area contributed by atoms with Crippen LogP contribution < -0.4 is 10.1 Å². The van der Waals surface area contributed by atoms with Gasteiger partial charge in [0.15, 0.2) is 5.78 Å². The van der Waals surface area contributed by atoms with Gasteiger partial charge in [-0.25, -0.2) is 0 Å². The second kappa shape index (κ2) is 9.44. The Morgan fingerprint density at radius 1 is 1.15 bits per heavy atom. The summed E-state index contributed by atoms with van der Waals surface area (Å²) in [5, 5.41) is 12.6. The zero-order chi connectivity index (χ0) is 23.7. The maximum atomic E-state index is 13.8. The first-order valence-corrected chi connectivity index (χ1v) is 12.1. The van der Waals surface area contributed by atoms with Crippen LogP contribution in [0, 0.1) is 17.2 Å². The van der Waals surface area contributed by atoms with Crippen LogP contribution in [0.2, 0.25) is 0 Å². The lowest BCUT2D eigenvalue weighted by Gasteiger charge is -2.46. The van der Waals surface area contributed by atoms with Gasteiger partial charge in [-0.3, -0.25) is 9.59 Å². The molecule has 1 N–H and O–H groups in total. The molecule has 1 aliphatic carbocycles. The van der Waals surface area contributed by atoms with Crippen LogP contribution in [0.25, 0.3) is 6.08 Å². The molecule has 6 nitrogen and oxygen atoms in total. The molecule has 2 heterocycles. The minimum Gasteiger partial charge on any atom is -0.488 e. The lowest BCUT2D eigenvalue weighted by molar-refractivity contribution is 0.0408. The van der Waals surface area contributed by atoms with Crippen molar-refractivity contribution in [2.75, 3.05) is 13.1 Å². The van der Waals surface area contributed by atoms with E-state index in [1.807, 2.05) is 31.2 Å². The number of hydrogen-bond acceptors (Lipinski definition) is 5. The molecule has 0 radical (unpaired) electrons. The Hall–Kier alpha value is -3.43. The van der Waals surface area contributed by atoms with Crippen molar-refractivity contribution in [3.05, 3.63) is 70.3 Å². The number of nitrogens with one attached hydrogen (secondary N) is 1. The first-order valence-electron chi connectivity index (χ1n) is 12.1. The zero-order valence-corrected chi connectivity index (χ0v) is 19.4. The number of nitriles is 1. The van der Waals surface area contributed by atoms with Gasteiger partial charge in [0.2, 0.25) is 0 Å². The van der Waals surface area contributed by atoms with Crippen LogP contribution in [0.3, 0.4) is 0 Å². The van der Waals surface area contributed by atoms with Gasteiger partial charge in [0.05, 0.1) is 17.2 Å². The van der Waals surface area contributed by atoms with E-state index >= 15 is 0 Å². The number of allylic oxidation sites excluding steroid dienone is 1. The van der Waals surface area contributed by atoms with Crippen molar-refractivity contribution in [2.45, 2.75) is 51.3 Å². The number of fused-ring (bicyclic) bond motifs is 2. The molecular weight excluding hydrogens is 426 g/mol. The highest BCUT2D eigenvalue weighted by Gasteiger charge is 2.48. The third-order valence-corrected chi connectivity index (χ3v) is 7.34. The van der Waals surface area contributed by atoms with Crippen molar-refractivity contribution in [2.24, 2.45) is 5.92 Å². The predicted molar refractivity (Wildman–Crippen MR) is 130 cm³/mol. The normalized spacial score (nSPS) is 22.5. The number of nitrogens with zero attached hydrogens (tertiary/aromatic N) is 2. The fourth-order valence-electron chi connectivity index (χ4n) is 5.70. The van der Waals surface area contributed by atoms with Gasteiger partial charge in [-0.2, -0.15) is 5.26 Å².